The van der Waals surface area contributed by atoms with Gasteiger partial charge in [0.2, 0.25) is 5.91 Å². The van der Waals surface area contributed by atoms with Crippen LogP contribution >= 0.6 is 0 Å². The molecule has 1 fully saturated rings. The van der Waals surface area contributed by atoms with Gasteiger partial charge in [-0.2, -0.15) is 0 Å². The van der Waals surface area contributed by atoms with Crippen molar-refractivity contribution >= 4 is 17.3 Å². The Morgan fingerprint density at radius 1 is 1.24 bits per heavy atom. The predicted molar refractivity (Wildman–Crippen MR) is 78.3 cm³/mol. The molecule has 6 heteroatoms. The molecule has 2 heterocycles. The lowest BCUT2D eigenvalue weighted by molar-refractivity contribution is -0.115. The first kappa shape index (κ1) is 13.6. The molecule has 1 N–H and O–H groups in total. The highest BCUT2D eigenvalue weighted by Gasteiger charge is 2.16. The van der Waals surface area contributed by atoms with Gasteiger partial charge < -0.3 is 19.5 Å². The maximum Gasteiger partial charge on any atom is 0.230 e. The Morgan fingerprint density at radius 2 is 2.05 bits per heavy atom. The molecule has 0 aliphatic carbocycles. The van der Waals surface area contributed by atoms with Crippen LogP contribution in [0, 0.1) is 0 Å². The molecule has 3 rings (SSSR count). The second kappa shape index (κ2) is 6.41. The molecular weight excluding hydrogens is 270 g/mol. The number of nitrogens with zero attached hydrogens (tertiary/aromatic N) is 2. The van der Waals surface area contributed by atoms with Gasteiger partial charge >= 0.3 is 0 Å². The first-order valence-electron chi connectivity index (χ1n) is 6.94. The monoisotopic (exact) mass is 287 g/mol. The van der Waals surface area contributed by atoms with E-state index in [4.69, 9.17) is 9.26 Å². The quantitative estimate of drug-likeness (QED) is 0.927. The van der Waals surface area contributed by atoms with Crippen molar-refractivity contribution in [1.29, 1.82) is 0 Å². The Labute approximate surface area is 122 Å². The minimum atomic E-state index is -0.107. The summed E-state index contributed by atoms with van der Waals surface area (Å²) in [7, 11) is 0. The van der Waals surface area contributed by atoms with Crippen molar-refractivity contribution in [2.24, 2.45) is 0 Å². The lowest BCUT2D eigenvalue weighted by Crippen LogP contribution is -2.36. The van der Waals surface area contributed by atoms with Gasteiger partial charge in [0.05, 0.1) is 36.7 Å². The standard InChI is InChI=1S/C15H17N3O3/c19-15(11-12-5-8-21-17-12)16-13-3-1-2-4-14(13)18-6-9-20-10-7-18/h1-5,8H,6-7,9-11H2,(H,16,19). The second-order valence-electron chi connectivity index (χ2n) is 4.83. The number of hydrogen-bond acceptors (Lipinski definition) is 5. The van der Waals surface area contributed by atoms with Crippen molar-refractivity contribution in [2.75, 3.05) is 36.5 Å². The van der Waals surface area contributed by atoms with E-state index in [-0.39, 0.29) is 12.3 Å². The van der Waals surface area contributed by atoms with Crippen molar-refractivity contribution in [3.63, 3.8) is 0 Å². The van der Waals surface area contributed by atoms with Crippen LogP contribution in [0.5, 0.6) is 0 Å². The molecule has 6 nitrogen and oxygen atoms in total. The SMILES string of the molecule is O=C(Cc1ccon1)Nc1ccccc1N1CCOCC1. The molecule has 1 aromatic carbocycles. The third-order valence-electron chi connectivity index (χ3n) is 3.36. The van der Waals surface area contributed by atoms with E-state index in [0.29, 0.717) is 18.9 Å². The summed E-state index contributed by atoms with van der Waals surface area (Å²) >= 11 is 0. The largest absolute Gasteiger partial charge is 0.378 e. The number of carbonyl (C=O) groups excluding carboxylic acids is 1. The zero-order valence-electron chi connectivity index (χ0n) is 11.6. The second-order valence-corrected chi connectivity index (χ2v) is 4.83. The summed E-state index contributed by atoms with van der Waals surface area (Å²) in [5, 5.41) is 6.69. The number of benzene rings is 1. The van der Waals surface area contributed by atoms with E-state index in [2.05, 4.69) is 15.4 Å². The Morgan fingerprint density at radius 3 is 2.81 bits per heavy atom. The van der Waals surface area contributed by atoms with Crippen LogP contribution in [0.15, 0.2) is 41.1 Å². The first-order valence-corrected chi connectivity index (χ1v) is 6.94. The predicted octanol–water partition coefficient (Wildman–Crippen LogP) is 1.69. The van der Waals surface area contributed by atoms with Crippen molar-refractivity contribution in [3.05, 3.63) is 42.3 Å². The minimum absolute atomic E-state index is 0.107. The molecule has 110 valence electrons. The van der Waals surface area contributed by atoms with Crippen LogP contribution in [0.1, 0.15) is 5.69 Å². The fraction of sp³-hybridized carbons (Fsp3) is 0.333. The van der Waals surface area contributed by atoms with Crippen LogP contribution in [-0.4, -0.2) is 37.4 Å². The van der Waals surface area contributed by atoms with E-state index >= 15 is 0 Å². The summed E-state index contributed by atoms with van der Waals surface area (Å²) in [5.74, 6) is -0.107. The van der Waals surface area contributed by atoms with Gasteiger partial charge in [-0.05, 0) is 12.1 Å². The lowest BCUT2D eigenvalue weighted by Gasteiger charge is -2.30. The van der Waals surface area contributed by atoms with Crippen LogP contribution in [0.2, 0.25) is 0 Å². The summed E-state index contributed by atoms with van der Waals surface area (Å²) in [5.41, 5.74) is 2.46. The van der Waals surface area contributed by atoms with Gasteiger partial charge in [0.15, 0.2) is 0 Å². The molecule has 0 bridgehead atoms. The van der Waals surface area contributed by atoms with Crippen molar-refractivity contribution in [1.82, 2.24) is 5.16 Å². The molecule has 21 heavy (non-hydrogen) atoms. The lowest BCUT2D eigenvalue weighted by atomic mass is 10.2. The number of aromatic nitrogens is 1. The van der Waals surface area contributed by atoms with E-state index < -0.39 is 0 Å². The van der Waals surface area contributed by atoms with E-state index in [1.807, 2.05) is 24.3 Å². The molecule has 2 aromatic rings. The van der Waals surface area contributed by atoms with Crippen molar-refractivity contribution in [3.8, 4) is 0 Å². The summed E-state index contributed by atoms with van der Waals surface area (Å²) in [6, 6.07) is 9.49. The van der Waals surface area contributed by atoms with Crippen molar-refractivity contribution < 1.29 is 14.1 Å². The van der Waals surface area contributed by atoms with Gasteiger partial charge in [0.1, 0.15) is 6.26 Å². The van der Waals surface area contributed by atoms with E-state index in [0.717, 1.165) is 24.5 Å². The first-order chi connectivity index (χ1) is 10.3. The molecule has 1 aliphatic rings. The molecule has 1 saturated heterocycles. The zero-order chi connectivity index (χ0) is 14.5. The Bertz CT molecular complexity index is 592. The highest BCUT2D eigenvalue weighted by molar-refractivity contribution is 5.95. The van der Waals surface area contributed by atoms with Gasteiger partial charge in [-0.15, -0.1) is 0 Å². The van der Waals surface area contributed by atoms with Gasteiger partial charge in [0.25, 0.3) is 0 Å². The van der Waals surface area contributed by atoms with Gasteiger partial charge in [-0.25, -0.2) is 0 Å². The molecule has 0 atom stereocenters. The number of hydrogen-bond donors (Lipinski definition) is 1. The Balaban J connectivity index is 1.71. The van der Waals surface area contributed by atoms with E-state index in [1.165, 1.54) is 6.26 Å². The fourth-order valence-electron chi connectivity index (χ4n) is 2.35. The summed E-state index contributed by atoms with van der Waals surface area (Å²) in [6.07, 6.45) is 1.66. The molecular formula is C15H17N3O3. The third-order valence-corrected chi connectivity index (χ3v) is 3.36. The highest BCUT2D eigenvalue weighted by atomic mass is 16.5. The number of rotatable bonds is 4. The number of ether oxygens (including phenoxy) is 1. The summed E-state index contributed by atoms with van der Waals surface area (Å²) < 4.78 is 10.1. The molecule has 1 aromatic heterocycles. The van der Waals surface area contributed by atoms with Crippen LogP contribution in [0.4, 0.5) is 11.4 Å². The minimum Gasteiger partial charge on any atom is -0.378 e. The maximum absolute atomic E-state index is 12.1. The Kier molecular flexibility index (Phi) is 4.16. The molecule has 0 radical (unpaired) electrons. The maximum atomic E-state index is 12.1. The Hall–Kier alpha value is -2.34. The van der Waals surface area contributed by atoms with Gasteiger partial charge in [0, 0.05) is 19.2 Å². The number of para-hydroxylation sites is 2. The smallest absolute Gasteiger partial charge is 0.230 e. The van der Waals surface area contributed by atoms with Crippen LogP contribution < -0.4 is 10.2 Å². The third kappa shape index (κ3) is 3.41. The highest BCUT2D eigenvalue weighted by Crippen LogP contribution is 2.26. The normalized spacial score (nSPS) is 15.0. The topological polar surface area (TPSA) is 67.6 Å². The number of anilines is 2. The van der Waals surface area contributed by atoms with Gasteiger partial charge in [-0.3, -0.25) is 4.79 Å². The van der Waals surface area contributed by atoms with Crippen LogP contribution in [0.25, 0.3) is 0 Å². The molecule has 0 saturated carbocycles. The molecule has 1 aliphatic heterocycles. The molecule has 0 spiro atoms. The van der Waals surface area contributed by atoms with E-state index in [9.17, 15) is 4.79 Å². The molecule has 0 unspecified atom stereocenters. The number of morpholine rings is 1. The average molecular weight is 287 g/mol. The number of nitrogens with one attached hydrogen (secondary N) is 1. The summed E-state index contributed by atoms with van der Waals surface area (Å²) in [6.45, 7) is 3.08. The van der Waals surface area contributed by atoms with Crippen LogP contribution in [0.3, 0.4) is 0 Å². The average Bonchev–Trinajstić information content (AvgIpc) is 3.01. The number of carbonyl (C=O) groups is 1. The fourth-order valence-corrected chi connectivity index (χ4v) is 2.35. The number of amides is 1. The zero-order valence-corrected chi connectivity index (χ0v) is 11.6. The summed E-state index contributed by atoms with van der Waals surface area (Å²) in [4.78, 5) is 14.3. The van der Waals surface area contributed by atoms with E-state index in [1.54, 1.807) is 6.07 Å². The van der Waals surface area contributed by atoms with Gasteiger partial charge in [-0.1, -0.05) is 17.3 Å². The molecule has 1 amide bonds. The van der Waals surface area contributed by atoms with Crippen LogP contribution in [-0.2, 0) is 16.0 Å². The van der Waals surface area contributed by atoms with Crippen molar-refractivity contribution in [2.45, 2.75) is 6.42 Å².